The van der Waals surface area contributed by atoms with Crippen molar-refractivity contribution in [3.63, 3.8) is 0 Å². The molecule has 0 spiro atoms. The standard InChI is InChI=1S/C16H11Cl2F2NO3/c1-8-2-3-9(4-11(8)17)21-15(22)7-24-16(23)10-5-13(19)14(20)6-12(10)18/h2-6H,7H2,1H3,(H,21,22). The lowest BCUT2D eigenvalue weighted by Gasteiger charge is -2.09. The summed E-state index contributed by atoms with van der Waals surface area (Å²) in [5.74, 6) is -4.10. The fraction of sp³-hybridized carbons (Fsp3) is 0.125. The second-order valence-electron chi connectivity index (χ2n) is 4.83. The summed E-state index contributed by atoms with van der Waals surface area (Å²) in [7, 11) is 0. The van der Waals surface area contributed by atoms with Crippen molar-refractivity contribution in [2.75, 3.05) is 11.9 Å². The Morgan fingerprint density at radius 3 is 2.42 bits per heavy atom. The molecular formula is C16H11Cl2F2NO3. The van der Waals surface area contributed by atoms with Crippen molar-refractivity contribution in [1.29, 1.82) is 0 Å². The quantitative estimate of drug-likeness (QED) is 0.639. The van der Waals surface area contributed by atoms with E-state index in [0.717, 1.165) is 5.56 Å². The number of aryl methyl sites for hydroxylation is 1. The van der Waals surface area contributed by atoms with Gasteiger partial charge in [-0.2, -0.15) is 0 Å². The van der Waals surface area contributed by atoms with E-state index in [1.165, 1.54) is 0 Å². The van der Waals surface area contributed by atoms with Gasteiger partial charge in [0.1, 0.15) is 0 Å². The minimum absolute atomic E-state index is 0.315. The molecule has 0 aromatic heterocycles. The van der Waals surface area contributed by atoms with Crippen LogP contribution in [-0.4, -0.2) is 18.5 Å². The van der Waals surface area contributed by atoms with E-state index >= 15 is 0 Å². The Kier molecular flexibility index (Phi) is 5.75. The monoisotopic (exact) mass is 373 g/mol. The van der Waals surface area contributed by atoms with Crippen molar-refractivity contribution >= 4 is 40.8 Å². The van der Waals surface area contributed by atoms with Crippen molar-refractivity contribution in [2.24, 2.45) is 0 Å². The molecule has 2 aromatic carbocycles. The van der Waals surface area contributed by atoms with E-state index in [4.69, 9.17) is 27.9 Å². The second kappa shape index (κ2) is 7.59. The zero-order valence-electron chi connectivity index (χ0n) is 12.3. The van der Waals surface area contributed by atoms with Crippen LogP contribution in [0.5, 0.6) is 0 Å². The lowest BCUT2D eigenvalue weighted by Crippen LogP contribution is -2.21. The first-order valence-corrected chi connectivity index (χ1v) is 7.41. The maximum atomic E-state index is 13.1. The highest BCUT2D eigenvalue weighted by molar-refractivity contribution is 6.33. The molecule has 0 saturated heterocycles. The SMILES string of the molecule is Cc1ccc(NC(=O)COC(=O)c2cc(F)c(F)cc2Cl)cc1Cl. The molecule has 8 heteroatoms. The zero-order valence-corrected chi connectivity index (χ0v) is 13.8. The van der Waals surface area contributed by atoms with Gasteiger partial charge < -0.3 is 10.1 Å². The molecule has 2 rings (SSSR count). The lowest BCUT2D eigenvalue weighted by molar-refractivity contribution is -0.119. The second-order valence-corrected chi connectivity index (χ2v) is 5.65. The lowest BCUT2D eigenvalue weighted by atomic mass is 10.2. The summed E-state index contributed by atoms with van der Waals surface area (Å²) < 4.78 is 30.8. The Balaban J connectivity index is 1.97. The van der Waals surface area contributed by atoms with Crippen LogP contribution < -0.4 is 5.32 Å². The molecule has 2 aromatic rings. The summed E-state index contributed by atoms with van der Waals surface area (Å²) in [5, 5.41) is 2.64. The van der Waals surface area contributed by atoms with Crippen LogP contribution in [0, 0.1) is 18.6 Å². The molecule has 1 N–H and O–H groups in total. The third-order valence-corrected chi connectivity index (χ3v) is 3.74. The predicted molar refractivity (Wildman–Crippen MR) is 86.5 cm³/mol. The van der Waals surface area contributed by atoms with Crippen molar-refractivity contribution in [2.45, 2.75) is 6.92 Å². The van der Waals surface area contributed by atoms with Crippen LogP contribution >= 0.6 is 23.2 Å². The van der Waals surface area contributed by atoms with Crippen molar-refractivity contribution < 1.29 is 23.1 Å². The van der Waals surface area contributed by atoms with Gasteiger partial charge >= 0.3 is 5.97 Å². The maximum Gasteiger partial charge on any atom is 0.340 e. The number of halogens is 4. The Morgan fingerprint density at radius 2 is 1.75 bits per heavy atom. The molecule has 24 heavy (non-hydrogen) atoms. The summed E-state index contributed by atoms with van der Waals surface area (Å²) in [5.41, 5.74) is 0.897. The number of esters is 1. The van der Waals surface area contributed by atoms with E-state index in [2.05, 4.69) is 5.32 Å². The highest BCUT2D eigenvalue weighted by Crippen LogP contribution is 2.21. The normalized spacial score (nSPS) is 10.4. The maximum absolute atomic E-state index is 13.1. The van der Waals surface area contributed by atoms with Crippen LogP contribution in [0.25, 0.3) is 0 Å². The van der Waals surface area contributed by atoms with Gasteiger partial charge in [-0.3, -0.25) is 4.79 Å². The molecule has 0 aliphatic carbocycles. The van der Waals surface area contributed by atoms with Gasteiger partial charge in [-0.1, -0.05) is 29.3 Å². The number of hydrogen-bond donors (Lipinski definition) is 1. The highest BCUT2D eigenvalue weighted by Gasteiger charge is 2.17. The number of hydrogen-bond acceptors (Lipinski definition) is 3. The summed E-state index contributed by atoms with van der Waals surface area (Å²) in [6, 6.07) is 6.15. The molecule has 126 valence electrons. The van der Waals surface area contributed by atoms with Gasteiger partial charge in [0.15, 0.2) is 18.2 Å². The van der Waals surface area contributed by atoms with E-state index in [9.17, 15) is 18.4 Å². The molecule has 1 amide bonds. The average molecular weight is 374 g/mol. The molecule has 0 aliphatic heterocycles. The first kappa shape index (κ1) is 18.2. The van der Waals surface area contributed by atoms with Gasteiger partial charge in [0.05, 0.1) is 10.6 Å². The fourth-order valence-corrected chi connectivity index (χ4v) is 2.16. The van der Waals surface area contributed by atoms with Crippen LogP contribution in [0.15, 0.2) is 30.3 Å². The molecule has 0 bridgehead atoms. The first-order valence-electron chi connectivity index (χ1n) is 6.65. The summed E-state index contributed by atoms with van der Waals surface area (Å²) >= 11 is 11.6. The van der Waals surface area contributed by atoms with Crippen LogP contribution in [0.1, 0.15) is 15.9 Å². The number of anilines is 1. The molecule has 0 heterocycles. The number of ether oxygens (including phenoxy) is 1. The summed E-state index contributed by atoms with van der Waals surface area (Å²) in [6.07, 6.45) is 0. The third kappa shape index (κ3) is 4.43. The molecule has 0 saturated carbocycles. The molecule has 0 aliphatic rings. The number of amides is 1. The Hall–Kier alpha value is -2.18. The van der Waals surface area contributed by atoms with Crippen molar-refractivity contribution in [3.8, 4) is 0 Å². The van der Waals surface area contributed by atoms with Gasteiger partial charge in [-0.15, -0.1) is 0 Å². The van der Waals surface area contributed by atoms with Crippen molar-refractivity contribution in [3.05, 3.63) is 63.1 Å². The summed E-state index contributed by atoms with van der Waals surface area (Å²) in [6.45, 7) is 1.18. The Bertz CT molecular complexity index is 812. The van der Waals surface area contributed by atoms with Gasteiger partial charge in [0.25, 0.3) is 5.91 Å². The van der Waals surface area contributed by atoms with Crippen LogP contribution in [-0.2, 0) is 9.53 Å². The van der Waals surface area contributed by atoms with Gasteiger partial charge in [0, 0.05) is 10.7 Å². The highest BCUT2D eigenvalue weighted by atomic mass is 35.5. The minimum Gasteiger partial charge on any atom is -0.452 e. The number of carbonyl (C=O) groups excluding carboxylic acids is 2. The molecule has 0 fully saturated rings. The van der Waals surface area contributed by atoms with E-state index in [0.29, 0.717) is 22.8 Å². The van der Waals surface area contributed by atoms with E-state index in [-0.39, 0.29) is 10.6 Å². The van der Waals surface area contributed by atoms with Crippen LogP contribution in [0.2, 0.25) is 10.0 Å². The summed E-state index contributed by atoms with van der Waals surface area (Å²) in [4.78, 5) is 23.5. The molecular weight excluding hydrogens is 363 g/mol. The Labute approximate surface area is 146 Å². The van der Waals surface area contributed by atoms with Gasteiger partial charge in [-0.05, 0) is 36.8 Å². The minimum atomic E-state index is -1.25. The number of benzene rings is 2. The van der Waals surface area contributed by atoms with Gasteiger partial charge in [-0.25, -0.2) is 13.6 Å². The van der Waals surface area contributed by atoms with Crippen LogP contribution in [0.3, 0.4) is 0 Å². The van der Waals surface area contributed by atoms with Gasteiger partial charge in [0.2, 0.25) is 0 Å². The average Bonchev–Trinajstić information content (AvgIpc) is 2.52. The number of carbonyl (C=O) groups is 2. The third-order valence-electron chi connectivity index (χ3n) is 3.02. The number of nitrogens with one attached hydrogen (secondary N) is 1. The van der Waals surface area contributed by atoms with E-state index < -0.39 is 30.1 Å². The zero-order chi connectivity index (χ0) is 17.9. The predicted octanol–water partition coefficient (Wildman–Crippen LogP) is 4.38. The van der Waals surface area contributed by atoms with Crippen LogP contribution in [0.4, 0.5) is 14.5 Å². The van der Waals surface area contributed by atoms with E-state index in [1.807, 2.05) is 0 Å². The topological polar surface area (TPSA) is 55.4 Å². The fourth-order valence-electron chi connectivity index (χ4n) is 1.76. The largest absolute Gasteiger partial charge is 0.452 e. The smallest absolute Gasteiger partial charge is 0.340 e. The Morgan fingerprint density at radius 1 is 1.08 bits per heavy atom. The number of rotatable bonds is 4. The molecule has 0 radical (unpaired) electrons. The molecule has 0 atom stereocenters. The first-order chi connectivity index (χ1) is 11.3. The van der Waals surface area contributed by atoms with E-state index in [1.54, 1.807) is 25.1 Å². The molecule has 0 unspecified atom stereocenters. The molecule has 4 nitrogen and oxygen atoms in total. The van der Waals surface area contributed by atoms with Crippen molar-refractivity contribution in [1.82, 2.24) is 0 Å².